The summed E-state index contributed by atoms with van der Waals surface area (Å²) in [6, 6.07) is 36.0. The van der Waals surface area contributed by atoms with Crippen molar-refractivity contribution in [2.45, 2.75) is 25.5 Å². The van der Waals surface area contributed by atoms with Crippen molar-refractivity contribution in [3.63, 3.8) is 0 Å². The number of hydrogen-bond acceptors (Lipinski definition) is 6. The van der Waals surface area contributed by atoms with Gasteiger partial charge in [0.05, 0.1) is 7.11 Å². The van der Waals surface area contributed by atoms with E-state index in [1.165, 1.54) is 7.11 Å². The van der Waals surface area contributed by atoms with Gasteiger partial charge in [-0.3, -0.25) is 4.79 Å². The Morgan fingerprint density at radius 1 is 0.738 bits per heavy atom. The molecule has 1 atom stereocenters. The summed E-state index contributed by atoms with van der Waals surface area (Å²) in [6.45, 7) is 0.193. The molecular formula is C33H33N2O6P. The lowest BCUT2D eigenvalue weighted by Crippen LogP contribution is -2.44. The van der Waals surface area contributed by atoms with E-state index < -0.39 is 32.2 Å². The lowest BCUT2D eigenvalue weighted by atomic mass is 10.1. The molecule has 2 N–H and O–H groups in total. The first kappa shape index (κ1) is 30.3. The van der Waals surface area contributed by atoms with E-state index in [1.807, 2.05) is 91.0 Å². The lowest BCUT2D eigenvalue weighted by molar-refractivity contribution is -0.145. The Morgan fingerprint density at radius 3 is 1.88 bits per heavy atom. The Kier molecular flexibility index (Phi) is 11.5. The number of ether oxygens (including phenoxy) is 2. The van der Waals surface area contributed by atoms with E-state index >= 15 is 0 Å². The van der Waals surface area contributed by atoms with E-state index in [2.05, 4.69) is 34.9 Å². The maximum atomic E-state index is 12.5. The van der Waals surface area contributed by atoms with Crippen LogP contribution in [0.2, 0.25) is 0 Å². The predicted octanol–water partition coefficient (Wildman–Crippen LogP) is 4.63. The van der Waals surface area contributed by atoms with Crippen LogP contribution in [0.4, 0.5) is 4.79 Å². The van der Waals surface area contributed by atoms with Crippen LogP contribution in [-0.4, -0.2) is 37.7 Å². The van der Waals surface area contributed by atoms with Gasteiger partial charge in [-0.1, -0.05) is 103 Å². The first-order valence-corrected chi connectivity index (χ1v) is 14.8. The number of nitrogens with one attached hydrogen (secondary N) is 2. The van der Waals surface area contributed by atoms with Crippen molar-refractivity contribution < 1.29 is 28.4 Å². The van der Waals surface area contributed by atoms with Gasteiger partial charge in [0.15, 0.2) is 8.15 Å². The molecule has 4 aromatic rings. The van der Waals surface area contributed by atoms with Gasteiger partial charge in [0.1, 0.15) is 18.4 Å². The molecule has 0 saturated carbocycles. The highest BCUT2D eigenvalue weighted by Gasteiger charge is 2.22. The molecule has 0 aliphatic carbocycles. The topological polar surface area (TPSA) is 103 Å². The second-order valence-electron chi connectivity index (χ2n) is 9.29. The molecule has 0 radical (unpaired) electrons. The van der Waals surface area contributed by atoms with Gasteiger partial charge < -0.3 is 24.6 Å². The molecule has 0 unspecified atom stereocenters. The van der Waals surface area contributed by atoms with Gasteiger partial charge in [0, 0.05) is 30.0 Å². The Hall–Kier alpha value is -4.68. The fraction of sp³-hybridized carbons (Fsp3) is 0.182. The van der Waals surface area contributed by atoms with Gasteiger partial charge in [-0.15, -0.1) is 0 Å². The SMILES string of the molecule is COC(=O)[C@H](Cc1ccc(OP(c2ccccc2)c2ccccc2)cc1)NC(=O)CCNC(=O)OCc1ccccc1. The van der Waals surface area contributed by atoms with Crippen LogP contribution in [-0.2, 0) is 32.1 Å². The number of alkyl carbamates (subject to hydrolysis) is 1. The summed E-state index contributed by atoms with van der Waals surface area (Å²) in [7, 11) is 0.202. The third-order valence-electron chi connectivity index (χ3n) is 6.20. The van der Waals surface area contributed by atoms with Crippen LogP contribution in [0, 0.1) is 0 Å². The lowest BCUT2D eigenvalue weighted by Gasteiger charge is -2.20. The second kappa shape index (κ2) is 15.9. The van der Waals surface area contributed by atoms with E-state index in [1.54, 1.807) is 0 Å². The quantitative estimate of drug-likeness (QED) is 0.176. The Morgan fingerprint density at radius 2 is 1.31 bits per heavy atom. The summed E-state index contributed by atoms with van der Waals surface area (Å²) in [5.74, 6) is -0.262. The van der Waals surface area contributed by atoms with Crippen molar-refractivity contribution in [1.82, 2.24) is 10.6 Å². The summed E-state index contributed by atoms with van der Waals surface area (Å²) < 4.78 is 16.5. The van der Waals surface area contributed by atoms with Gasteiger partial charge in [-0.25, -0.2) is 9.59 Å². The van der Waals surface area contributed by atoms with Crippen molar-refractivity contribution in [2.24, 2.45) is 0 Å². The fourth-order valence-corrected chi connectivity index (χ4v) is 5.79. The number of methoxy groups -OCH3 is 1. The highest BCUT2D eigenvalue weighted by Crippen LogP contribution is 2.36. The van der Waals surface area contributed by atoms with Crippen LogP contribution in [0.1, 0.15) is 17.5 Å². The van der Waals surface area contributed by atoms with Gasteiger partial charge in [-0.05, 0) is 23.3 Å². The molecule has 2 amide bonds. The van der Waals surface area contributed by atoms with Crippen molar-refractivity contribution in [2.75, 3.05) is 13.7 Å². The average molecular weight is 585 g/mol. The number of hydrogen-bond donors (Lipinski definition) is 2. The monoisotopic (exact) mass is 584 g/mol. The number of rotatable bonds is 13. The largest absolute Gasteiger partial charge is 0.467 e. The van der Waals surface area contributed by atoms with Crippen LogP contribution in [0.25, 0.3) is 0 Å². The molecule has 0 bridgehead atoms. The van der Waals surface area contributed by atoms with Crippen molar-refractivity contribution in [3.8, 4) is 5.75 Å². The van der Waals surface area contributed by atoms with E-state index in [0.717, 1.165) is 21.7 Å². The minimum atomic E-state index is -1.07. The molecule has 0 saturated heterocycles. The van der Waals surface area contributed by atoms with Crippen LogP contribution in [0.3, 0.4) is 0 Å². The molecule has 4 aromatic carbocycles. The molecule has 0 aromatic heterocycles. The second-order valence-corrected chi connectivity index (χ2v) is 11.1. The summed E-state index contributed by atoms with van der Waals surface area (Å²) in [5.41, 5.74) is 1.68. The van der Waals surface area contributed by atoms with Gasteiger partial charge >= 0.3 is 12.1 Å². The summed E-state index contributed by atoms with van der Waals surface area (Å²) >= 11 is 0. The Bertz CT molecular complexity index is 1380. The molecule has 0 heterocycles. The van der Waals surface area contributed by atoms with Crippen LogP contribution < -0.4 is 25.8 Å². The number of benzene rings is 4. The first-order valence-electron chi connectivity index (χ1n) is 13.5. The molecule has 0 spiro atoms. The Balaban J connectivity index is 1.30. The van der Waals surface area contributed by atoms with Crippen molar-refractivity contribution in [1.29, 1.82) is 0 Å². The van der Waals surface area contributed by atoms with E-state index in [0.29, 0.717) is 5.75 Å². The van der Waals surface area contributed by atoms with Crippen LogP contribution in [0.5, 0.6) is 5.75 Å². The molecule has 216 valence electrons. The number of carbonyl (C=O) groups excluding carboxylic acids is 3. The zero-order chi connectivity index (χ0) is 29.6. The highest BCUT2D eigenvalue weighted by atomic mass is 31.1. The zero-order valence-electron chi connectivity index (χ0n) is 23.3. The normalized spacial score (nSPS) is 11.3. The Labute approximate surface area is 246 Å². The maximum Gasteiger partial charge on any atom is 0.407 e. The zero-order valence-corrected chi connectivity index (χ0v) is 24.2. The van der Waals surface area contributed by atoms with Crippen LogP contribution in [0.15, 0.2) is 115 Å². The minimum Gasteiger partial charge on any atom is -0.467 e. The third-order valence-corrected chi connectivity index (χ3v) is 8.12. The summed E-state index contributed by atoms with van der Waals surface area (Å²) in [5, 5.41) is 7.43. The minimum absolute atomic E-state index is 0.0246. The van der Waals surface area contributed by atoms with E-state index in [9.17, 15) is 14.4 Å². The molecule has 4 rings (SSSR count). The molecule has 42 heavy (non-hydrogen) atoms. The van der Waals surface area contributed by atoms with E-state index in [-0.39, 0.29) is 26.0 Å². The summed E-state index contributed by atoms with van der Waals surface area (Å²) in [4.78, 5) is 36.9. The number of amides is 2. The predicted molar refractivity (Wildman–Crippen MR) is 163 cm³/mol. The van der Waals surface area contributed by atoms with Crippen molar-refractivity contribution in [3.05, 3.63) is 126 Å². The third kappa shape index (κ3) is 9.46. The van der Waals surface area contributed by atoms with Crippen molar-refractivity contribution >= 4 is 36.7 Å². The number of esters is 1. The fourth-order valence-electron chi connectivity index (χ4n) is 4.06. The average Bonchev–Trinajstić information content (AvgIpc) is 3.04. The molecular weight excluding hydrogens is 551 g/mol. The molecule has 0 aliphatic rings. The number of carbonyl (C=O) groups is 3. The highest BCUT2D eigenvalue weighted by molar-refractivity contribution is 7.68. The molecule has 8 nitrogen and oxygen atoms in total. The molecule has 0 fully saturated rings. The molecule has 9 heteroatoms. The smallest absolute Gasteiger partial charge is 0.407 e. The van der Waals surface area contributed by atoms with Crippen LogP contribution >= 0.6 is 8.15 Å². The summed E-state index contributed by atoms with van der Waals surface area (Å²) in [6.07, 6.45) is -0.415. The van der Waals surface area contributed by atoms with Gasteiger partial charge in [0.2, 0.25) is 5.91 Å². The first-order chi connectivity index (χ1) is 20.5. The van der Waals surface area contributed by atoms with Gasteiger partial charge in [-0.2, -0.15) is 0 Å². The maximum absolute atomic E-state index is 12.5. The van der Waals surface area contributed by atoms with E-state index in [4.69, 9.17) is 14.0 Å². The van der Waals surface area contributed by atoms with Gasteiger partial charge in [0.25, 0.3) is 0 Å². The molecule has 0 aliphatic heterocycles. The standard InChI is InChI=1S/C33H33N2O6P/c1-39-32(37)30(35-31(36)21-22-34-33(38)40-24-26-11-5-2-6-12-26)23-25-17-19-27(20-18-25)41-42(28-13-7-3-8-14-28)29-15-9-4-10-16-29/h2-20,30H,21-24H2,1H3,(H,34,38)(H,35,36)/t30-/m0/s1.